The van der Waals surface area contributed by atoms with E-state index in [1.54, 1.807) is 11.3 Å². The van der Waals surface area contributed by atoms with Crippen molar-refractivity contribution >= 4 is 74.2 Å². The molecule has 0 aliphatic carbocycles. The van der Waals surface area contributed by atoms with E-state index in [0.717, 1.165) is 60.8 Å². The van der Waals surface area contributed by atoms with Crippen LogP contribution in [0.25, 0.3) is 96.4 Å². The number of aromatic nitrogens is 3. The molecule has 3 nitrogen and oxygen atoms in total. The Hall–Kier alpha value is -5.75. The van der Waals surface area contributed by atoms with Crippen molar-refractivity contribution in [2.75, 3.05) is 0 Å². The Morgan fingerprint density at radius 1 is 0.354 bits per heavy atom. The molecule has 6 aromatic carbocycles. The van der Waals surface area contributed by atoms with E-state index in [0.29, 0.717) is 0 Å². The fraction of sp³-hybridized carbons (Fsp3) is 0. The van der Waals surface area contributed by atoms with E-state index in [4.69, 9.17) is 15.0 Å². The Balaban J connectivity index is 1.10. The number of pyridine rings is 1. The molecule has 224 valence electrons. The number of fused-ring (bicyclic) bond motifs is 8. The maximum atomic E-state index is 5.33. The Morgan fingerprint density at radius 2 is 0.875 bits per heavy atom. The highest BCUT2D eigenvalue weighted by atomic mass is 32.1. The highest BCUT2D eigenvalue weighted by Gasteiger charge is 2.20. The molecule has 10 aromatic rings. The SMILES string of the molecule is c1ccc(-c2nc3ccc(-c4ccc(-c5nc6sc7ccccc7c6c6c5sc5ccccc56)cc4)cc3nc2-c2ccccc2)cc1. The maximum Gasteiger partial charge on any atom is 0.125 e. The smallest absolute Gasteiger partial charge is 0.125 e. The summed E-state index contributed by atoms with van der Waals surface area (Å²) in [6.45, 7) is 0. The molecule has 0 amide bonds. The zero-order valence-corrected chi connectivity index (χ0v) is 27.2. The summed E-state index contributed by atoms with van der Waals surface area (Å²) in [6, 6.07) is 53.3. The molecule has 4 aromatic heterocycles. The number of hydrogen-bond donors (Lipinski definition) is 0. The molecular weight excluding hydrogens is 623 g/mol. The number of rotatable bonds is 4. The lowest BCUT2D eigenvalue weighted by Crippen LogP contribution is -1.95. The van der Waals surface area contributed by atoms with Crippen molar-refractivity contribution < 1.29 is 0 Å². The van der Waals surface area contributed by atoms with Crippen LogP contribution in [0.5, 0.6) is 0 Å². The van der Waals surface area contributed by atoms with Crippen LogP contribution in [0.4, 0.5) is 0 Å². The topological polar surface area (TPSA) is 38.7 Å². The number of hydrogen-bond acceptors (Lipinski definition) is 5. The first kappa shape index (κ1) is 27.4. The number of thiophene rings is 2. The highest BCUT2D eigenvalue weighted by molar-refractivity contribution is 7.28. The lowest BCUT2D eigenvalue weighted by molar-refractivity contribution is 1.29. The second-order valence-electron chi connectivity index (χ2n) is 12.0. The average Bonchev–Trinajstić information content (AvgIpc) is 3.73. The van der Waals surface area contributed by atoms with Crippen molar-refractivity contribution in [1.29, 1.82) is 0 Å². The van der Waals surface area contributed by atoms with Gasteiger partial charge in [-0.2, -0.15) is 0 Å². The van der Waals surface area contributed by atoms with Gasteiger partial charge in [-0.25, -0.2) is 15.0 Å². The summed E-state index contributed by atoms with van der Waals surface area (Å²) in [5.41, 5.74) is 10.0. The Morgan fingerprint density at radius 3 is 1.56 bits per heavy atom. The van der Waals surface area contributed by atoms with E-state index >= 15 is 0 Å². The summed E-state index contributed by atoms with van der Waals surface area (Å²) in [5, 5.41) is 5.17. The molecule has 10 rings (SSSR count). The van der Waals surface area contributed by atoms with Crippen molar-refractivity contribution in [3.63, 3.8) is 0 Å². The molecule has 0 saturated heterocycles. The lowest BCUT2D eigenvalue weighted by atomic mass is 10.00. The van der Waals surface area contributed by atoms with E-state index < -0.39 is 0 Å². The fourth-order valence-corrected chi connectivity index (χ4v) is 9.12. The molecule has 0 aliphatic heterocycles. The summed E-state index contributed by atoms with van der Waals surface area (Å²) < 4.78 is 3.80. The largest absolute Gasteiger partial charge is 0.244 e. The van der Waals surface area contributed by atoms with Gasteiger partial charge in [0.1, 0.15) is 4.83 Å². The molecular formula is C43H25N3S2. The van der Waals surface area contributed by atoms with Gasteiger partial charge in [-0.15, -0.1) is 22.7 Å². The zero-order chi connectivity index (χ0) is 31.6. The molecule has 0 fully saturated rings. The van der Waals surface area contributed by atoms with Crippen LogP contribution in [0.2, 0.25) is 0 Å². The second-order valence-corrected chi connectivity index (χ2v) is 14.1. The quantitative estimate of drug-likeness (QED) is 0.191. The molecule has 0 spiro atoms. The predicted molar refractivity (Wildman–Crippen MR) is 205 cm³/mol. The fourth-order valence-electron chi connectivity index (χ4n) is 6.81. The molecule has 5 heteroatoms. The van der Waals surface area contributed by atoms with Gasteiger partial charge in [0.15, 0.2) is 0 Å². The Kier molecular flexibility index (Phi) is 6.22. The Labute approximate surface area is 284 Å². The third-order valence-corrected chi connectivity index (χ3v) is 11.3. The van der Waals surface area contributed by atoms with Crippen molar-refractivity contribution in [2.45, 2.75) is 0 Å². The minimum Gasteiger partial charge on any atom is -0.244 e. The van der Waals surface area contributed by atoms with Crippen LogP contribution in [0.15, 0.2) is 152 Å². The molecule has 0 radical (unpaired) electrons. The van der Waals surface area contributed by atoms with Crippen LogP contribution in [0.3, 0.4) is 0 Å². The summed E-state index contributed by atoms with van der Waals surface area (Å²) in [4.78, 5) is 16.8. The van der Waals surface area contributed by atoms with Crippen LogP contribution >= 0.6 is 22.7 Å². The van der Waals surface area contributed by atoms with E-state index in [-0.39, 0.29) is 0 Å². The molecule has 0 aliphatic rings. The van der Waals surface area contributed by atoms with E-state index in [1.165, 1.54) is 35.6 Å². The van der Waals surface area contributed by atoms with Gasteiger partial charge in [0.25, 0.3) is 0 Å². The van der Waals surface area contributed by atoms with Gasteiger partial charge in [-0.05, 0) is 35.4 Å². The summed E-state index contributed by atoms with van der Waals surface area (Å²) in [6.07, 6.45) is 0. The molecule has 48 heavy (non-hydrogen) atoms. The van der Waals surface area contributed by atoms with Crippen molar-refractivity contribution in [1.82, 2.24) is 15.0 Å². The van der Waals surface area contributed by atoms with E-state index in [1.807, 2.05) is 47.7 Å². The van der Waals surface area contributed by atoms with Gasteiger partial charge in [0.05, 0.1) is 32.8 Å². The van der Waals surface area contributed by atoms with Gasteiger partial charge in [-0.1, -0.05) is 127 Å². The standard InChI is InChI=1S/C43H25N3S2/c1-3-11-27(12-4-1)39-40(28-13-5-2-6-14-28)45-34-25-30(23-24-33(34)44-39)26-19-21-29(22-20-26)41-42-37(31-15-7-9-17-35(31)47-42)38-32-16-8-10-18-36(32)48-43(38)46-41/h1-25H. The lowest BCUT2D eigenvalue weighted by Gasteiger charge is -2.12. The molecule has 0 saturated carbocycles. The minimum atomic E-state index is 0.874. The normalized spacial score (nSPS) is 11.8. The van der Waals surface area contributed by atoms with Crippen LogP contribution in [0, 0.1) is 0 Å². The Bertz CT molecular complexity index is 2820. The van der Waals surface area contributed by atoms with Crippen LogP contribution < -0.4 is 0 Å². The first-order valence-corrected chi connectivity index (χ1v) is 17.6. The summed E-state index contributed by atoms with van der Waals surface area (Å²) in [5.74, 6) is 0. The molecule has 0 atom stereocenters. The maximum absolute atomic E-state index is 5.33. The van der Waals surface area contributed by atoms with Gasteiger partial charge in [0, 0.05) is 47.6 Å². The number of benzene rings is 6. The third-order valence-electron chi connectivity index (χ3n) is 9.10. The van der Waals surface area contributed by atoms with E-state index in [9.17, 15) is 0 Å². The van der Waals surface area contributed by atoms with Crippen molar-refractivity contribution in [2.24, 2.45) is 0 Å². The first-order valence-electron chi connectivity index (χ1n) is 15.9. The first-order chi connectivity index (χ1) is 23.8. The monoisotopic (exact) mass is 647 g/mol. The average molecular weight is 648 g/mol. The van der Waals surface area contributed by atoms with Gasteiger partial charge in [-0.3, -0.25) is 0 Å². The number of nitrogens with zero attached hydrogens (tertiary/aromatic N) is 3. The predicted octanol–water partition coefficient (Wildman–Crippen LogP) is 12.4. The van der Waals surface area contributed by atoms with Gasteiger partial charge < -0.3 is 0 Å². The van der Waals surface area contributed by atoms with E-state index in [2.05, 4.69) is 115 Å². The summed E-state index contributed by atoms with van der Waals surface area (Å²) in [7, 11) is 0. The van der Waals surface area contributed by atoms with Crippen molar-refractivity contribution in [3.05, 3.63) is 152 Å². The van der Waals surface area contributed by atoms with Crippen molar-refractivity contribution in [3.8, 4) is 44.9 Å². The van der Waals surface area contributed by atoms with Crippen LogP contribution in [-0.4, -0.2) is 15.0 Å². The molecule has 0 unspecified atom stereocenters. The van der Waals surface area contributed by atoms with Crippen LogP contribution in [0.1, 0.15) is 0 Å². The summed E-state index contributed by atoms with van der Waals surface area (Å²) >= 11 is 3.62. The third kappa shape index (κ3) is 4.36. The minimum absolute atomic E-state index is 0.874. The molecule has 4 heterocycles. The van der Waals surface area contributed by atoms with Gasteiger partial charge >= 0.3 is 0 Å². The second kappa shape index (κ2) is 10.9. The highest BCUT2D eigenvalue weighted by Crippen LogP contribution is 2.47. The zero-order valence-electron chi connectivity index (χ0n) is 25.6. The molecule has 0 bridgehead atoms. The molecule has 0 N–H and O–H groups in total. The van der Waals surface area contributed by atoms with Gasteiger partial charge in [0.2, 0.25) is 0 Å². The van der Waals surface area contributed by atoms with Crippen LogP contribution in [-0.2, 0) is 0 Å².